The predicted octanol–water partition coefficient (Wildman–Crippen LogP) is 1.34. The van der Waals surface area contributed by atoms with Crippen LogP contribution in [0.2, 0.25) is 5.02 Å². The van der Waals surface area contributed by atoms with Crippen molar-refractivity contribution in [2.75, 3.05) is 0 Å². The molecule has 1 fully saturated rings. The van der Waals surface area contributed by atoms with Gasteiger partial charge in [0.2, 0.25) is 0 Å². The van der Waals surface area contributed by atoms with Gasteiger partial charge in [0.15, 0.2) is 0 Å². The lowest BCUT2D eigenvalue weighted by Gasteiger charge is -2.16. The fourth-order valence-corrected chi connectivity index (χ4v) is 1.90. The molecule has 15 heavy (non-hydrogen) atoms. The summed E-state index contributed by atoms with van der Waals surface area (Å²) in [5, 5.41) is 0.126. The fourth-order valence-electron chi connectivity index (χ4n) is 1.71. The van der Waals surface area contributed by atoms with Crippen molar-refractivity contribution in [2.24, 2.45) is 5.73 Å². The van der Waals surface area contributed by atoms with Gasteiger partial charge in [-0.3, -0.25) is 5.43 Å². The quantitative estimate of drug-likeness (QED) is 0.681. The second kappa shape index (κ2) is 4.06. The Kier molecular flexibility index (Phi) is 2.93. The van der Waals surface area contributed by atoms with Gasteiger partial charge in [-0.15, -0.1) is 0 Å². The highest BCUT2D eigenvalue weighted by atomic mass is 35.5. The summed E-state index contributed by atoms with van der Waals surface area (Å²) in [6.07, 6.45) is 0. The van der Waals surface area contributed by atoms with Gasteiger partial charge >= 0.3 is 0 Å². The standard InChI is InChI=1S/C10H13ClFN3/c1-5-9(13)10(15-14-5)6-2-3-8(12)7(11)4-6/h2-5,9-10,14-15H,13H2,1H3. The number of hydrogen-bond acceptors (Lipinski definition) is 3. The molecule has 1 saturated heterocycles. The highest BCUT2D eigenvalue weighted by molar-refractivity contribution is 6.30. The maximum Gasteiger partial charge on any atom is 0.141 e. The summed E-state index contributed by atoms with van der Waals surface area (Å²) >= 11 is 5.71. The predicted molar refractivity (Wildman–Crippen MR) is 57.9 cm³/mol. The van der Waals surface area contributed by atoms with E-state index in [-0.39, 0.29) is 23.1 Å². The summed E-state index contributed by atoms with van der Waals surface area (Å²) in [6.45, 7) is 1.99. The van der Waals surface area contributed by atoms with Gasteiger partial charge < -0.3 is 5.73 Å². The molecule has 1 aromatic rings. The van der Waals surface area contributed by atoms with Crippen LogP contribution in [0, 0.1) is 5.82 Å². The van der Waals surface area contributed by atoms with Crippen molar-refractivity contribution >= 4 is 11.6 Å². The van der Waals surface area contributed by atoms with E-state index in [0.29, 0.717) is 0 Å². The zero-order chi connectivity index (χ0) is 11.0. The van der Waals surface area contributed by atoms with Crippen LogP contribution in [-0.2, 0) is 0 Å². The number of halogens is 2. The molecule has 3 atom stereocenters. The van der Waals surface area contributed by atoms with Crippen molar-refractivity contribution in [1.82, 2.24) is 10.9 Å². The lowest BCUT2D eigenvalue weighted by molar-refractivity contribution is 0.547. The van der Waals surface area contributed by atoms with E-state index >= 15 is 0 Å². The molecule has 0 aromatic heterocycles. The number of benzene rings is 1. The van der Waals surface area contributed by atoms with Gasteiger partial charge in [0.1, 0.15) is 5.82 Å². The zero-order valence-corrected chi connectivity index (χ0v) is 9.05. The van der Waals surface area contributed by atoms with Gasteiger partial charge in [-0.2, -0.15) is 0 Å². The second-order valence-corrected chi connectivity index (χ2v) is 4.21. The van der Waals surface area contributed by atoms with Gasteiger partial charge in [0.25, 0.3) is 0 Å². The van der Waals surface area contributed by atoms with E-state index in [4.69, 9.17) is 17.3 Å². The Morgan fingerprint density at radius 3 is 2.67 bits per heavy atom. The molecule has 0 radical (unpaired) electrons. The van der Waals surface area contributed by atoms with E-state index < -0.39 is 5.82 Å². The molecule has 0 saturated carbocycles. The van der Waals surface area contributed by atoms with Crippen LogP contribution in [0.25, 0.3) is 0 Å². The third-order valence-electron chi connectivity index (χ3n) is 2.73. The maximum atomic E-state index is 13.0. The minimum absolute atomic E-state index is 0.0295. The van der Waals surface area contributed by atoms with E-state index in [0.717, 1.165) is 5.56 Å². The largest absolute Gasteiger partial charge is 0.325 e. The second-order valence-electron chi connectivity index (χ2n) is 3.81. The van der Waals surface area contributed by atoms with Crippen LogP contribution in [0.4, 0.5) is 4.39 Å². The molecule has 1 aromatic carbocycles. The molecule has 3 nitrogen and oxygen atoms in total. The lowest BCUT2D eigenvalue weighted by Crippen LogP contribution is -2.35. The molecule has 0 aliphatic carbocycles. The number of rotatable bonds is 1. The van der Waals surface area contributed by atoms with Crippen LogP contribution in [0.3, 0.4) is 0 Å². The van der Waals surface area contributed by atoms with Gasteiger partial charge in [-0.1, -0.05) is 17.7 Å². The molecule has 1 aliphatic heterocycles. The molecule has 4 N–H and O–H groups in total. The topological polar surface area (TPSA) is 50.1 Å². The monoisotopic (exact) mass is 229 g/mol. The Balaban J connectivity index is 2.26. The third kappa shape index (κ3) is 1.99. The van der Waals surface area contributed by atoms with Crippen molar-refractivity contribution in [3.8, 4) is 0 Å². The normalized spacial score (nSPS) is 30.8. The number of nitrogens with two attached hydrogens (primary N) is 1. The van der Waals surface area contributed by atoms with E-state index in [2.05, 4.69) is 10.9 Å². The Bertz CT molecular complexity index is 372. The van der Waals surface area contributed by atoms with Crippen LogP contribution >= 0.6 is 11.6 Å². The average Bonchev–Trinajstić information content (AvgIpc) is 2.53. The summed E-state index contributed by atoms with van der Waals surface area (Å²) < 4.78 is 13.0. The Hall–Kier alpha value is -0.680. The minimum atomic E-state index is -0.409. The Morgan fingerprint density at radius 2 is 2.13 bits per heavy atom. The molecule has 2 rings (SSSR count). The summed E-state index contributed by atoms with van der Waals surface area (Å²) in [6, 6.07) is 4.75. The molecule has 0 bridgehead atoms. The van der Waals surface area contributed by atoms with Gasteiger partial charge in [-0.25, -0.2) is 9.82 Å². The third-order valence-corrected chi connectivity index (χ3v) is 3.02. The molecule has 5 heteroatoms. The highest BCUT2D eigenvalue weighted by Gasteiger charge is 2.31. The number of hydrazine groups is 1. The van der Waals surface area contributed by atoms with E-state index in [1.807, 2.05) is 6.92 Å². The zero-order valence-electron chi connectivity index (χ0n) is 8.30. The van der Waals surface area contributed by atoms with Crippen molar-refractivity contribution < 1.29 is 4.39 Å². The molecular formula is C10H13ClFN3. The summed E-state index contributed by atoms with van der Waals surface area (Å²) in [5.41, 5.74) is 13.0. The number of hydrogen-bond donors (Lipinski definition) is 3. The summed E-state index contributed by atoms with van der Waals surface area (Å²) in [4.78, 5) is 0. The maximum absolute atomic E-state index is 13.0. The first kappa shape index (κ1) is 10.8. The van der Waals surface area contributed by atoms with Crippen LogP contribution in [0.5, 0.6) is 0 Å². The first-order valence-corrected chi connectivity index (χ1v) is 5.19. The first-order valence-electron chi connectivity index (χ1n) is 4.81. The van der Waals surface area contributed by atoms with E-state index in [1.165, 1.54) is 6.07 Å². The Morgan fingerprint density at radius 1 is 1.40 bits per heavy atom. The van der Waals surface area contributed by atoms with Crippen molar-refractivity contribution in [3.63, 3.8) is 0 Å². The fraction of sp³-hybridized carbons (Fsp3) is 0.400. The molecule has 0 amide bonds. The minimum Gasteiger partial charge on any atom is -0.325 e. The molecule has 0 spiro atoms. The van der Waals surface area contributed by atoms with Gasteiger partial charge in [-0.05, 0) is 24.6 Å². The van der Waals surface area contributed by atoms with Crippen molar-refractivity contribution in [2.45, 2.75) is 25.0 Å². The van der Waals surface area contributed by atoms with Crippen LogP contribution < -0.4 is 16.6 Å². The molecular weight excluding hydrogens is 217 g/mol. The van der Waals surface area contributed by atoms with Crippen LogP contribution in [0.15, 0.2) is 18.2 Å². The molecule has 1 heterocycles. The Labute approximate surface area is 92.8 Å². The van der Waals surface area contributed by atoms with Crippen molar-refractivity contribution in [1.29, 1.82) is 0 Å². The highest BCUT2D eigenvalue weighted by Crippen LogP contribution is 2.25. The molecule has 1 aliphatic rings. The number of nitrogens with one attached hydrogen (secondary N) is 2. The van der Waals surface area contributed by atoms with Crippen LogP contribution in [-0.4, -0.2) is 12.1 Å². The molecule has 3 unspecified atom stereocenters. The van der Waals surface area contributed by atoms with Crippen LogP contribution in [0.1, 0.15) is 18.5 Å². The summed E-state index contributed by atoms with van der Waals surface area (Å²) in [7, 11) is 0. The first-order chi connectivity index (χ1) is 7.09. The molecule has 82 valence electrons. The smallest absolute Gasteiger partial charge is 0.141 e. The SMILES string of the molecule is CC1NNC(c2ccc(F)c(Cl)c2)C1N. The van der Waals surface area contributed by atoms with E-state index in [1.54, 1.807) is 12.1 Å². The summed E-state index contributed by atoms with van der Waals surface area (Å²) in [5.74, 6) is -0.409. The lowest BCUT2D eigenvalue weighted by atomic mass is 9.98. The van der Waals surface area contributed by atoms with Crippen molar-refractivity contribution in [3.05, 3.63) is 34.6 Å². The average molecular weight is 230 g/mol. The van der Waals surface area contributed by atoms with Gasteiger partial charge in [0.05, 0.1) is 11.1 Å². The van der Waals surface area contributed by atoms with Gasteiger partial charge in [0, 0.05) is 12.1 Å². The van der Waals surface area contributed by atoms with E-state index in [9.17, 15) is 4.39 Å².